The Morgan fingerprint density at radius 2 is 1.33 bits per heavy atom. The summed E-state index contributed by atoms with van der Waals surface area (Å²) in [6.07, 6.45) is 16.1. The molecule has 0 aromatic heterocycles. The molecule has 0 heterocycles. The SMILES string of the molecule is CCCC1CCC(CC2CCC(c3ccc(OC)cc3)CC2)CC1. The van der Waals surface area contributed by atoms with Gasteiger partial charge in [0.05, 0.1) is 7.11 Å². The number of ether oxygens (including phenoxy) is 1. The third-order valence-electron chi connectivity index (χ3n) is 6.76. The molecule has 2 saturated carbocycles. The minimum atomic E-state index is 0.785. The molecular weight excluding hydrogens is 292 g/mol. The zero-order chi connectivity index (χ0) is 16.8. The lowest BCUT2D eigenvalue weighted by Gasteiger charge is -2.34. The molecule has 2 aliphatic carbocycles. The highest BCUT2D eigenvalue weighted by Crippen LogP contribution is 2.41. The van der Waals surface area contributed by atoms with Gasteiger partial charge in [-0.1, -0.05) is 57.6 Å². The van der Waals surface area contributed by atoms with Crippen molar-refractivity contribution in [2.24, 2.45) is 17.8 Å². The van der Waals surface area contributed by atoms with Gasteiger partial charge >= 0.3 is 0 Å². The average molecular weight is 329 g/mol. The monoisotopic (exact) mass is 328 g/mol. The Balaban J connectivity index is 1.40. The molecular formula is C23H36O. The first-order chi connectivity index (χ1) is 11.8. The van der Waals surface area contributed by atoms with E-state index in [9.17, 15) is 0 Å². The average Bonchev–Trinajstić information content (AvgIpc) is 2.64. The molecule has 0 unspecified atom stereocenters. The smallest absolute Gasteiger partial charge is 0.118 e. The van der Waals surface area contributed by atoms with E-state index in [0.29, 0.717) is 0 Å². The van der Waals surface area contributed by atoms with Crippen LogP contribution < -0.4 is 4.74 Å². The van der Waals surface area contributed by atoms with Gasteiger partial charge in [-0.05, 0) is 73.5 Å². The Kier molecular flexibility index (Phi) is 6.63. The summed E-state index contributed by atoms with van der Waals surface area (Å²) in [4.78, 5) is 0. The highest BCUT2D eigenvalue weighted by molar-refractivity contribution is 5.29. The van der Waals surface area contributed by atoms with E-state index in [-0.39, 0.29) is 0 Å². The van der Waals surface area contributed by atoms with Crippen molar-refractivity contribution in [3.05, 3.63) is 29.8 Å². The summed E-state index contributed by atoms with van der Waals surface area (Å²) >= 11 is 0. The predicted molar refractivity (Wildman–Crippen MR) is 103 cm³/mol. The molecule has 2 fully saturated rings. The van der Waals surface area contributed by atoms with Crippen molar-refractivity contribution >= 4 is 0 Å². The van der Waals surface area contributed by atoms with Crippen LogP contribution in [0.5, 0.6) is 5.75 Å². The van der Waals surface area contributed by atoms with E-state index in [1.165, 1.54) is 76.2 Å². The minimum absolute atomic E-state index is 0.785. The van der Waals surface area contributed by atoms with E-state index in [2.05, 4.69) is 31.2 Å². The van der Waals surface area contributed by atoms with Crippen LogP contribution in [0.2, 0.25) is 0 Å². The van der Waals surface area contributed by atoms with Crippen molar-refractivity contribution < 1.29 is 4.74 Å². The van der Waals surface area contributed by atoms with Gasteiger partial charge in [0.2, 0.25) is 0 Å². The van der Waals surface area contributed by atoms with Crippen LogP contribution in [0.15, 0.2) is 24.3 Å². The second kappa shape index (κ2) is 8.92. The molecule has 1 nitrogen and oxygen atoms in total. The van der Waals surface area contributed by atoms with Gasteiger partial charge in [-0.15, -0.1) is 0 Å². The first-order valence-electron chi connectivity index (χ1n) is 10.4. The van der Waals surface area contributed by atoms with Crippen molar-refractivity contribution in [3.8, 4) is 5.75 Å². The lowest BCUT2D eigenvalue weighted by atomic mass is 9.72. The number of rotatable bonds is 6. The van der Waals surface area contributed by atoms with Crippen LogP contribution in [0.1, 0.15) is 89.0 Å². The highest BCUT2D eigenvalue weighted by Gasteiger charge is 2.27. The van der Waals surface area contributed by atoms with E-state index >= 15 is 0 Å². The summed E-state index contributed by atoms with van der Waals surface area (Å²) in [6, 6.07) is 8.80. The summed E-state index contributed by atoms with van der Waals surface area (Å²) in [6.45, 7) is 2.34. The molecule has 1 aromatic rings. The van der Waals surface area contributed by atoms with Crippen molar-refractivity contribution in [1.29, 1.82) is 0 Å². The normalized spacial score (nSPS) is 30.9. The fraction of sp³-hybridized carbons (Fsp3) is 0.739. The van der Waals surface area contributed by atoms with Crippen LogP contribution >= 0.6 is 0 Å². The molecule has 0 amide bonds. The molecule has 0 bridgehead atoms. The van der Waals surface area contributed by atoms with E-state index in [0.717, 1.165) is 29.4 Å². The summed E-state index contributed by atoms with van der Waals surface area (Å²) in [5.41, 5.74) is 1.52. The van der Waals surface area contributed by atoms with Gasteiger partial charge in [0.1, 0.15) is 5.75 Å². The fourth-order valence-electron chi connectivity index (χ4n) is 5.24. The van der Waals surface area contributed by atoms with Crippen LogP contribution in [-0.2, 0) is 0 Å². The molecule has 2 aliphatic rings. The zero-order valence-corrected chi connectivity index (χ0v) is 15.8. The summed E-state index contributed by atoms with van der Waals surface area (Å²) < 4.78 is 5.28. The molecule has 0 radical (unpaired) electrons. The Hall–Kier alpha value is -0.980. The Morgan fingerprint density at radius 3 is 1.88 bits per heavy atom. The van der Waals surface area contributed by atoms with Crippen molar-refractivity contribution in [2.75, 3.05) is 7.11 Å². The standard InChI is InChI=1S/C23H36O/c1-3-4-18-5-7-19(8-6-18)17-20-9-11-21(12-10-20)22-13-15-23(24-2)16-14-22/h13-16,18-21H,3-12,17H2,1-2H3. The van der Waals surface area contributed by atoms with Crippen LogP contribution in [0.3, 0.4) is 0 Å². The lowest BCUT2D eigenvalue weighted by molar-refractivity contribution is 0.200. The van der Waals surface area contributed by atoms with Gasteiger partial charge in [0, 0.05) is 0 Å². The number of methoxy groups -OCH3 is 1. The van der Waals surface area contributed by atoms with Crippen molar-refractivity contribution in [1.82, 2.24) is 0 Å². The molecule has 134 valence electrons. The molecule has 0 aliphatic heterocycles. The predicted octanol–water partition coefficient (Wildman–Crippen LogP) is 6.97. The first kappa shape index (κ1) is 17.8. The summed E-state index contributed by atoms with van der Waals surface area (Å²) in [5, 5.41) is 0. The Bertz CT molecular complexity index is 461. The molecule has 3 rings (SSSR count). The Labute approximate surface area is 149 Å². The maximum Gasteiger partial charge on any atom is 0.118 e. The second-order valence-corrected chi connectivity index (χ2v) is 8.40. The maximum absolute atomic E-state index is 5.28. The third kappa shape index (κ3) is 4.77. The molecule has 24 heavy (non-hydrogen) atoms. The molecule has 1 heteroatoms. The van der Waals surface area contributed by atoms with Crippen LogP contribution in [0.4, 0.5) is 0 Å². The topological polar surface area (TPSA) is 9.23 Å². The van der Waals surface area contributed by atoms with Gasteiger partial charge in [0.15, 0.2) is 0 Å². The van der Waals surface area contributed by atoms with Gasteiger partial charge in [-0.3, -0.25) is 0 Å². The van der Waals surface area contributed by atoms with Gasteiger partial charge in [0.25, 0.3) is 0 Å². The van der Waals surface area contributed by atoms with Crippen molar-refractivity contribution in [3.63, 3.8) is 0 Å². The largest absolute Gasteiger partial charge is 0.497 e. The zero-order valence-electron chi connectivity index (χ0n) is 15.8. The third-order valence-corrected chi connectivity index (χ3v) is 6.76. The number of hydrogen-bond acceptors (Lipinski definition) is 1. The van der Waals surface area contributed by atoms with Gasteiger partial charge in [-0.2, -0.15) is 0 Å². The number of hydrogen-bond donors (Lipinski definition) is 0. The first-order valence-corrected chi connectivity index (χ1v) is 10.4. The number of benzene rings is 1. The molecule has 0 spiro atoms. The summed E-state index contributed by atoms with van der Waals surface area (Å²) in [5.74, 6) is 4.86. The molecule has 0 atom stereocenters. The van der Waals surface area contributed by atoms with Gasteiger partial charge < -0.3 is 4.74 Å². The molecule has 0 saturated heterocycles. The molecule has 1 aromatic carbocycles. The van der Waals surface area contributed by atoms with Crippen LogP contribution in [0.25, 0.3) is 0 Å². The highest BCUT2D eigenvalue weighted by atomic mass is 16.5. The minimum Gasteiger partial charge on any atom is -0.497 e. The second-order valence-electron chi connectivity index (χ2n) is 8.40. The van der Waals surface area contributed by atoms with Gasteiger partial charge in [-0.25, -0.2) is 0 Å². The van der Waals surface area contributed by atoms with Crippen molar-refractivity contribution in [2.45, 2.75) is 83.5 Å². The quantitative estimate of drug-likeness (QED) is 0.548. The van der Waals surface area contributed by atoms with Crippen LogP contribution in [0, 0.1) is 17.8 Å². The maximum atomic E-state index is 5.28. The van der Waals surface area contributed by atoms with Crippen LogP contribution in [-0.4, -0.2) is 7.11 Å². The van der Waals surface area contributed by atoms with E-state index in [4.69, 9.17) is 4.74 Å². The lowest BCUT2D eigenvalue weighted by Crippen LogP contribution is -2.20. The molecule has 0 N–H and O–H groups in total. The summed E-state index contributed by atoms with van der Waals surface area (Å²) in [7, 11) is 1.75. The Morgan fingerprint density at radius 1 is 0.792 bits per heavy atom. The van der Waals surface area contributed by atoms with E-state index in [1.807, 2.05) is 0 Å². The van der Waals surface area contributed by atoms with E-state index in [1.54, 1.807) is 7.11 Å². The fourth-order valence-corrected chi connectivity index (χ4v) is 5.24. The van der Waals surface area contributed by atoms with E-state index < -0.39 is 0 Å².